The van der Waals surface area contributed by atoms with Crippen LogP contribution in [0.4, 0.5) is 11.4 Å². The average Bonchev–Trinajstić information content (AvgIpc) is 3.23. The molecule has 2 aliphatic heterocycles. The lowest BCUT2D eigenvalue weighted by molar-refractivity contribution is -0.133. The highest BCUT2D eigenvalue weighted by Gasteiger charge is 2.37. The van der Waals surface area contributed by atoms with Gasteiger partial charge >= 0.3 is 0 Å². The first-order valence-electron chi connectivity index (χ1n) is 9.75. The first-order valence-corrected chi connectivity index (χ1v) is 12.1. The molecular formula is C21H23N3O4S2. The summed E-state index contributed by atoms with van der Waals surface area (Å²) in [5.41, 5.74) is 2.78. The monoisotopic (exact) mass is 445 g/mol. The number of amides is 2. The molecule has 9 heteroatoms. The highest BCUT2D eigenvalue weighted by atomic mass is 32.2. The van der Waals surface area contributed by atoms with Crippen LogP contribution in [0.25, 0.3) is 0 Å². The minimum absolute atomic E-state index is 0.0476. The van der Waals surface area contributed by atoms with E-state index in [4.69, 9.17) is 0 Å². The SMILES string of the molecule is Cc1ccc(NS(=O)(=O)c2ccc3c(c2)NC(=O)C(C(=O)N2CCCC2)S3)c(C)c1. The van der Waals surface area contributed by atoms with E-state index in [0.29, 0.717) is 29.4 Å². The van der Waals surface area contributed by atoms with Crippen LogP contribution in [0.3, 0.4) is 0 Å². The number of hydrogen-bond acceptors (Lipinski definition) is 5. The molecule has 2 heterocycles. The van der Waals surface area contributed by atoms with Crippen LogP contribution in [0.2, 0.25) is 0 Å². The Hall–Kier alpha value is -2.52. The highest BCUT2D eigenvalue weighted by Crippen LogP contribution is 2.38. The molecule has 0 radical (unpaired) electrons. The first-order chi connectivity index (χ1) is 14.2. The van der Waals surface area contributed by atoms with Crippen molar-refractivity contribution >= 4 is 45.0 Å². The van der Waals surface area contributed by atoms with E-state index in [0.717, 1.165) is 24.0 Å². The Morgan fingerprint density at radius 3 is 2.57 bits per heavy atom. The molecule has 2 amide bonds. The van der Waals surface area contributed by atoms with Gasteiger partial charge in [-0.3, -0.25) is 14.3 Å². The lowest BCUT2D eigenvalue weighted by atomic mass is 10.1. The molecule has 0 aromatic heterocycles. The van der Waals surface area contributed by atoms with Crippen molar-refractivity contribution in [1.29, 1.82) is 0 Å². The smallest absolute Gasteiger partial charge is 0.261 e. The lowest BCUT2D eigenvalue weighted by Crippen LogP contribution is -2.43. The maximum absolute atomic E-state index is 12.9. The van der Waals surface area contributed by atoms with Crippen LogP contribution in [0.1, 0.15) is 24.0 Å². The number of carbonyl (C=O) groups excluding carboxylic acids is 2. The summed E-state index contributed by atoms with van der Waals surface area (Å²) in [5, 5.41) is 1.87. The zero-order valence-electron chi connectivity index (χ0n) is 16.8. The fourth-order valence-corrected chi connectivity index (χ4v) is 5.86. The van der Waals surface area contributed by atoms with Gasteiger partial charge in [0.15, 0.2) is 5.25 Å². The molecule has 158 valence electrons. The van der Waals surface area contributed by atoms with E-state index in [9.17, 15) is 18.0 Å². The van der Waals surface area contributed by atoms with Gasteiger partial charge in [-0.1, -0.05) is 17.7 Å². The number of nitrogens with one attached hydrogen (secondary N) is 2. The predicted octanol–water partition coefficient (Wildman–Crippen LogP) is 3.14. The molecule has 7 nitrogen and oxygen atoms in total. The largest absolute Gasteiger partial charge is 0.341 e. The maximum Gasteiger partial charge on any atom is 0.261 e. The zero-order valence-corrected chi connectivity index (χ0v) is 18.4. The topological polar surface area (TPSA) is 95.6 Å². The summed E-state index contributed by atoms with van der Waals surface area (Å²) in [4.78, 5) is 27.6. The molecule has 0 aliphatic carbocycles. The maximum atomic E-state index is 12.9. The van der Waals surface area contributed by atoms with E-state index in [1.807, 2.05) is 26.0 Å². The fraction of sp³-hybridized carbons (Fsp3) is 0.333. The minimum atomic E-state index is -3.83. The normalized spacial score (nSPS) is 18.7. The Balaban J connectivity index is 1.56. The second-order valence-corrected chi connectivity index (χ2v) is 10.4. The summed E-state index contributed by atoms with van der Waals surface area (Å²) in [7, 11) is -3.83. The van der Waals surface area contributed by atoms with Gasteiger partial charge in [-0.15, -0.1) is 11.8 Å². The molecule has 2 aliphatic rings. The quantitative estimate of drug-likeness (QED) is 0.705. The molecule has 4 rings (SSSR count). The minimum Gasteiger partial charge on any atom is -0.341 e. The second-order valence-electron chi connectivity index (χ2n) is 7.60. The number of nitrogens with zero attached hydrogens (tertiary/aromatic N) is 1. The molecule has 1 fully saturated rings. The Labute approximate surface area is 180 Å². The van der Waals surface area contributed by atoms with Crippen LogP contribution in [-0.2, 0) is 19.6 Å². The van der Waals surface area contributed by atoms with E-state index in [-0.39, 0.29) is 10.8 Å². The number of likely N-dealkylation sites (tertiary alicyclic amines) is 1. The third-order valence-corrected chi connectivity index (χ3v) is 7.89. The highest BCUT2D eigenvalue weighted by molar-refractivity contribution is 8.01. The summed E-state index contributed by atoms with van der Waals surface area (Å²) in [6, 6.07) is 10.0. The molecule has 0 bridgehead atoms. The summed E-state index contributed by atoms with van der Waals surface area (Å²) in [6.07, 6.45) is 1.91. The third-order valence-electron chi connectivity index (χ3n) is 5.27. The lowest BCUT2D eigenvalue weighted by Gasteiger charge is -2.27. The van der Waals surface area contributed by atoms with Gasteiger partial charge in [0.1, 0.15) is 0 Å². The number of benzene rings is 2. The van der Waals surface area contributed by atoms with E-state index < -0.39 is 21.2 Å². The summed E-state index contributed by atoms with van der Waals surface area (Å²) in [5.74, 6) is -0.602. The second kappa shape index (κ2) is 7.96. The van der Waals surface area contributed by atoms with E-state index in [1.165, 1.54) is 23.9 Å². The van der Waals surface area contributed by atoms with Crippen LogP contribution < -0.4 is 10.0 Å². The first kappa shape index (κ1) is 20.7. The van der Waals surface area contributed by atoms with Gasteiger partial charge in [-0.2, -0.15) is 0 Å². The van der Waals surface area contributed by atoms with Crippen LogP contribution in [0.5, 0.6) is 0 Å². The number of fused-ring (bicyclic) bond motifs is 1. The van der Waals surface area contributed by atoms with Gasteiger partial charge in [0.2, 0.25) is 11.8 Å². The van der Waals surface area contributed by atoms with E-state index >= 15 is 0 Å². The molecule has 2 N–H and O–H groups in total. The van der Waals surface area contributed by atoms with Gasteiger partial charge < -0.3 is 10.2 Å². The molecule has 1 unspecified atom stereocenters. The number of thioether (sulfide) groups is 1. The van der Waals surface area contributed by atoms with Crippen molar-refractivity contribution in [2.75, 3.05) is 23.1 Å². The fourth-order valence-electron chi connectivity index (χ4n) is 3.65. The molecule has 1 atom stereocenters. The number of carbonyl (C=O) groups is 2. The molecule has 2 aromatic carbocycles. The van der Waals surface area contributed by atoms with Crippen LogP contribution in [0.15, 0.2) is 46.2 Å². The summed E-state index contributed by atoms with van der Waals surface area (Å²) < 4.78 is 28.3. The van der Waals surface area contributed by atoms with Gasteiger partial charge in [0, 0.05) is 18.0 Å². The average molecular weight is 446 g/mol. The van der Waals surface area contributed by atoms with Crippen LogP contribution in [-0.4, -0.2) is 43.5 Å². The number of aryl methyl sites for hydroxylation is 2. The molecule has 30 heavy (non-hydrogen) atoms. The predicted molar refractivity (Wildman–Crippen MR) is 117 cm³/mol. The number of hydrogen-bond donors (Lipinski definition) is 2. The van der Waals surface area contributed by atoms with Gasteiger partial charge in [-0.05, 0) is 56.5 Å². The Kier molecular flexibility index (Phi) is 5.50. The van der Waals surface area contributed by atoms with Gasteiger partial charge in [0.05, 0.1) is 16.3 Å². The Bertz CT molecular complexity index is 1130. The van der Waals surface area contributed by atoms with Crippen molar-refractivity contribution in [1.82, 2.24) is 4.90 Å². The third kappa shape index (κ3) is 4.04. The van der Waals surface area contributed by atoms with Gasteiger partial charge in [-0.25, -0.2) is 8.42 Å². The Morgan fingerprint density at radius 2 is 1.87 bits per heavy atom. The van der Waals surface area contributed by atoms with Crippen molar-refractivity contribution in [3.05, 3.63) is 47.5 Å². The van der Waals surface area contributed by atoms with Crippen molar-refractivity contribution in [3.8, 4) is 0 Å². The van der Waals surface area contributed by atoms with Crippen molar-refractivity contribution < 1.29 is 18.0 Å². The Morgan fingerprint density at radius 1 is 1.13 bits per heavy atom. The van der Waals surface area contributed by atoms with Gasteiger partial charge in [0.25, 0.3) is 10.0 Å². The number of sulfonamides is 1. The number of anilines is 2. The summed E-state index contributed by atoms with van der Waals surface area (Å²) in [6.45, 7) is 5.14. The summed E-state index contributed by atoms with van der Waals surface area (Å²) >= 11 is 1.17. The molecule has 0 spiro atoms. The van der Waals surface area contributed by atoms with E-state index in [2.05, 4.69) is 10.0 Å². The van der Waals surface area contributed by atoms with Crippen molar-refractivity contribution in [2.24, 2.45) is 0 Å². The van der Waals surface area contributed by atoms with Crippen LogP contribution in [0, 0.1) is 13.8 Å². The van der Waals surface area contributed by atoms with Crippen LogP contribution >= 0.6 is 11.8 Å². The molecule has 1 saturated heterocycles. The number of rotatable bonds is 4. The van der Waals surface area contributed by atoms with Crippen molar-refractivity contribution in [3.63, 3.8) is 0 Å². The molecular weight excluding hydrogens is 422 g/mol. The van der Waals surface area contributed by atoms with E-state index in [1.54, 1.807) is 17.0 Å². The molecule has 0 saturated carbocycles. The standard InChI is InChI=1S/C21H23N3O4S2/c1-13-5-7-16(14(2)11-13)23-30(27,28)15-6-8-18-17(12-15)22-20(25)19(29-18)21(26)24-9-3-4-10-24/h5-8,11-12,19,23H,3-4,9-10H2,1-2H3,(H,22,25). The zero-order chi connectivity index (χ0) is 21.5. The molecule has 2 aromatic rings. The van der Waals surface area contributed by atoms with Crippen molar-refractivity contribution in [2.45, 2.75) is 41.7 Å².